The van der Waals surface area contributed by atoms with Crippen molar-refractivity contribution in [1.29, 1.82) is 0 Å². The maximum absolute atomic E-state index is 12.0. The standard InChI is InChI=1S/C15H21NO4/c1-10(12-5-7-13(20-4)8-6-12)9-14(17)16(3)11(2)15(18)19/h5-8,10-11H,9H2,1-4H3,(H,18,19). The second kappa shape index (κ2) is 6.93. The summed E-state index contributed by atoms with van der Waals surface area (Å²) in [5.41, 5.74) is 1.02. The van der Waals surface area contributed by atoms with E-state index < -0.39 is 12.0 Å². The van der Waals surface area contributed by atoms with Gasteiger partial charge in [0.2, 0.25) is 5.91 Å². The average Bonchev–Trinajstić information content (AvgIpc) is 2.45. The Morgan fingerprint density at radius 1 is 1.25 bits per heavy atom. The second-order valence-corrected chi connectivity index (χ2v) is 4.90. The predicted molar refractivity (Wildman–Crippen MR) is 75.9 cm³/mol. The molecule has 0 bridgehead atoms. The number of methoxy groups -OCH3 is 1. The summed E-state index contributed by atoms with van der Waals surface area (Å²) in [7, 11) is 3.12. The van der Waals surface area contributed by atoms with Gasteiger partial charge in [-0.3, -0.25) is 4.79 Å². The van der Waals surface area contributed by atoms with Crippen LogP contribution < -0.4 is 4.74 Å². The van der Waals surface area contributed by atoms with E-state index in [1.807, 2.05) is 31.2 Å². The van der Waals surface area contributed by atoms with E-state index in [9.17, 15) is 9.59 Å². The van der Waals surface area contributed by atoms with E-state index in [-0.39, 0.29) is 18.2 Å². The molecule has 0 saturated heterocycles. The monoisotopic (exact) mass is 279 g/mol. The molecule has 20 heavy (non-hydrogen) atoms. The number of nitrogens with zero attached hydrogens (tertiary/aromatic N) is 1. The second-order valence-electron chi connectivity index (χ2n) is 4.90. The summed E-state index contributed by atoms with van der Waals surface area (Å²) < 4.78 is 5.09. The zero-order chi connectivity index (χ0) is 15.3. The van der Waals surface area contributed by atoms with Crippen LogP contribution in [-0.2, 0) is 9.59 Å². The molecule has 0 spiro atoms. The van der Waals surface area contributed by atoms with E-state index in [0.717, 1.165) is 11.3 Å². The maximum atomic E-state index is 12.0. The normalized spacial score (nSPS) is 13.4. The highest BCUT2D eigenvalue weighted by atomic mass is 16.5. The number of carboxylic acids is 1. The fourth-order valence-electron chi connectivity index (χ4n) is 1.84. The van der Waals surface area contributed by atoms with Gasteiger partial charge in [0.05, 0.1) is 7.11 Å². The Kier molecular flexibility index (Phi) is 5.55. The van der Waals surface area contributed by atoms with Crippen molar-refractivity contribution in [1.82, 2.24) is 4.90 Å². The van der Waals surface area contributed by atoms with E-state index in [0.29, 0.717) is 0 Å². The van der Waals surface area contributed by atoms with Gasteiger partial charge in [0.15, 0.2) is 0 Å². The van der Waals surface area contributed by atoms with Crippen LogP contribution in [0.5, 0.6) is 5.75 Å². The number of carbonyl (C=O) groups is 2. The molecule has 1 amide bonds. The van der Waals surface area contributed by atoms with Crippen LogP contribution in [0.25, 0.3) is 0 Å². The van der Waals surface area contributed by atoms with E-state index in [4.69, 9.17) is 9.84 Å². The van der Waals surface area contributed by atoms with Crippen LogP contribution in [0.4, 0.5) is 0 Å². The number of likely N-dealkylation sites (N-methyl/N-ethyl adjacent to an activating group) is 1. The molecule has 1 aromatic carbocycles. The third kappa shape index (κ3) is 3.98. The van der Waals surface area contributed by atoms with Crippen molar-refractivity contribution < 1.29 is 19.4 Å². The lowest BCUT2D eigenvalue weighted by Crippen LogP contribution is -2.40. The van der Waals surface area contributed by atoms with E-state index in [2.05, 4.69) is 0 Å². The molecule has 1 rings (SSSR count). The lowest BCUT2D eigenvalue weighted by molar-refractivity contribution is -0.148. The molecular formula is C15H21NO4. The summed E-state index contributed by atoms with van der Waals surface area (Å²) in [6, 6.07) is 6.71. The van der Waals surface area contributed by atoms with Crippen LogP contribution in [0.3, 0.4) is 0 Å². The van der Waals surface area contributed by atoms with E-state index in [1.165, 1.54) is 18.9 Å². The molecule has 0 heterocycles. The first-order chi connectivity index (χ1) is 9.36. The van der Waals surface area contributed by atoms with Gasteiger partial charge in [-0.1, -0.05) is 19.1 Å². The van der Waals surface area contributed by atoms with E-state index in [1.54, 1.807) is 7.11 Å². The van der Waals surface area contributed by atoms with Gasteiger partial charge in [-0.15, -0.1) is 0 Å². The highest BCUT2D eigenvalue weighted by Gasteiger charge is 2.23. The lowest BCUT2D eigenvalue weighted by atomic mass is 9.97. The zero-order valence-corrected chi connectivity index (χ0v) is 12.3. The molecule has 2 unspecified atom stereocenters. The number of ether oxygens (including phenoxy) is 1. The van der Waals surface area contributed by atoms with Crippen LogP contribution in [0.2, 0.25) is 0 Å². The van der Waals surface area contributed by atoms with Crippen molar-refractivity contribution in [3.05, 3.63) is 29.8 Å². The molecule has 0 fully saturated rings. The number of rotatable bonds is 6. The Balaban J connectivity index is 2.66. The van der Waals surface area contributed by atoms with Crippen molar-refractivity contribution in [2.45, 2.75) is 32.2 Å². The van der Waals surface area contributed by atoms with E-state index >= 15 is 0 Å². The summed E-state index contributed by atoms with van der Waals surface area (Å²) in [5, 5.41) is 8.90. The quantitative estimate of drug-likeness (QED) is 0.866. The molecule has 0 aliphatic carbocycles. The van der Waals surface area contributed by atoms with Gasteiger partial charge in [0, 0.05) is 13.5 Å². The maximum Gasteiger partial charge on any atom is 0.326 e. The molecule has 1 aromatic rings. The van der Waals surface area contributed by atoms with Crippen LogP contribution in [0.1, 0.15) is 31.7 Å². The van der Waals surface area contributed by atoms with Gasteiger partial charge in [-0.2, -0.15) is 0 Å². The molecule has 5 heteroatoms. The van der Waals surface area contributed by atoms with Gasteiger partial charge >= 0.3 is 5.97 Å². The van der Waals surface area contributed by atoms with Crippen LogP contribution in [-0.4, -0.2) is 42.1 Å². The summed E-state index contributed by atoms with van der Waals surface area (Å²) in [5.74, 6) is -0.387. The largest absolute Gasteiger partial charge is 0.497 e. The first-order valence-electron chi connectivity index (χ1n) is 6.49. The molecule has 2 atom stereocenters. The topological polar surface area (TPSA) is 66.8 Å². The number of amides is 1. The summed E-state index contributed by atoms with van der Waals surface area (Å²) in [6.45, 7) is 3.44. The highest BCUT2D eigenvalue weighted by Crippen LogP contribution is 2.22. The third-order valence-electron chi connectivity index (χ3n) is 3.50. The number of aliphatic carboxylic acids is 1. The van der Waals surface area contributed by atoms with Gasteiger partial charge < -0.3 is 14.7 Å². The SMILES string of the molecule is COc1ccc(C(C)CC(=O)N(C)C(C)C(=O)O)cc1. The molecule has 5 nitrogen and oxygen atoms in total. The summed E-state index contributed by atoms with van der Waals surface area (Å²) >= 11 is 0. The van der Waals surface area contributed by atoms with Gasteiger partial charge in [-0.05, 0) is 30.5 Å². The highest BCUT2D eigenvalue weighted by molar-refractivity contribution is 5.83. The Bertz CT molecular complexity index is 469. The minimum Gasteiger partial charge on any atom is -0.497 e. The Morgan fingerprint density at radius 2 is 1.80 bits per heavy atom. The molecule has 0 saturated carbocycles. The van der Waals surface area contributed by atoms with Gasteiger partial charge in [0.25, 0.3) is 0 Å². The molecule has 110 valence electrons. The van der Waals surface area contributed by atoms with Crippen molar-refractivity contribution >= 4 is 11.9 Å². The lowest BCUT2D eigenvalue weighted by Gasteiger charge is -2.23. The Labute approximate surface area is 119 Å². The van der Waals surface area contributed by atoms with Crippen molar-refractivity contribution in [3.8, 4) is 5.75 Å². The fourth-order valence-corrected chi connectivity index (χ4v) is 1.84. The van der Waals surface area contributed by atoms with Crippen molar-refractivity contribution in [3.63, 3.8) is 0 Å². The minimum absolute atomic E-state index is 0.0249. The molecule has 0 aromatic heterocycles. The molecule has 0 aliphatic heterocycles. The number of hydrogen-bond donors (Lipinski definition) is 1. The average molecular weight is 279 g/mol. The number of benzene rings is 1. The Hall–Kier alpha value is -2.04. The van der Waals surface area contributed by atoms with Crippen LogP contribution in [0.15, 0.2) is 24.3 Å². The van der Waals surface area contributed by atoms with Crippen LogP contribution in [0, 0.1) is 0 Å². The minimum atomic E-state index is -1.00. The molecule has 0 radical (unpaired) electrons. The first-order valence-corrected chi connectivity index (χ1v) is 6.49. The third-order valence-corrected chi connectivity index (χ3v) is 3.50. The van der Waals surface area contributed by atoms with Gasteiger partial charge in [0.1, 0.15) is 11.8 Å². The fraction of sp³-hybridized carbons (Fsp3) is 0.467. The zero-order valence-electron chi connectivity index (χ0n) is 12.3. The van der Waals surface area contributed by atoms with Crippen LogP contribution >= 0.6 is 0 Å². The van der Waals surface area contributed by atoms with Gasteiger partial charge in [-0.25, -0.2) is 4.79 Å². The molecule has 1 N–H and O–H groups in total. The Morgan fingerprint density at radius 3 is 2.25 bits per heavy atom. The summed E-state index contributed by atoms with van der Waals surface area (Å²) in [4.78, 5) is 24.2. The van der Waals surface area contributed by atoms with Crippen molar-refractivity contribution in [2.24, 2.45) is 0 Å². The van der Waals surface area contributed by atoms with Crippen molar-refractivity contribution in [2.75, 3.05) is 14.2 Å². The molecule has 0 aliphatic rings. The first kappa shape index (κ1) is 16.0. The number of hydrogen-bond acceptors (Lipinski definition) is 3. The smallest absolute Gasteiger partial charge is 0.326 e. The predicted octanol–water partition coefficient (Wildman–Crippen LogP) is 2.12. The molecular weight excluding hydrogens is 258 g/mol. The number of carbonyl (C=O) groups excluding carboxylic acids is 1. The number of carboxylic acid groups (broad SMARTS) is 1. The summed E-state index contributed by atoms with van der Waals surface area (Å²) in [6.07, 6.45) is 0.278.